The largest absolute Gasteiger partial charge is 0.481 e. The van der Waals surface area contributed by atoms with Crippen LogP contribution in [0.1, 0.15) is 25.7 Å². The Bertz CT molecular complexity index is 294. The molecule has 0 aromatic rings. The van der Waals surface area contributed by atoms with Crippen molar-refractivity contribution in [3.8, 4) is 0 Å². The third kappa shape index (κ3) is 1.97. The number of hydrogen-bond acceptors (Lipinski definition) is 3. The Kier molecular flexibility index (Phi) is 3.09. The fourth-order valence-electron chi connectivity index (χ4n) is 4.19. The van der Waals surface area contributed by atoms with E-state index in [1.54, 1.807) is 0 Å². The summed E-state index contributed by atoms with van der Waals surface area (Å²) in [5, 5.41) is 12.9. The minimum Gasteiger partial charge on any atom is -0.481 e. The molecule has 96 valence electrons. The number of carbonyl (C=O) groups is 1. The zero-order valence-corrected chi connectivity index (χ0v) is 10.3. The second kappa shape index (κ2) is 4.58. The van der Waals surface area contributed by atoms with Gasteiger partial charge in [-0.1, -0.05) is 0 Å². The van der Waals surface area contributed by atoms with Crippen molar-refractivity contribution in [3.05, 3.63) is 0 Å². The Morgan fingerprint density at radius 3 is 2.53 bits per heavy atom. The van der Waals surface area contributed by atoms with Gasteiger partial charge in [0.1, 0.15) is 0 Å². The molecule has 4 aliphatic heterocycles. The molecule has 0 spiro atoms. The second-order valence-electron chi connectivity index (χ2n) is 5.83. The zero-order chi connectivity index (χ0) is 11.8. The van der Waals surface area contributed by atoms with Crippen molar-refractivity contribution in [2.45, 2.75) is 31.7 Å². The lowest BCUT2D eigenvalue weighted by molar-refractivity contribution is -0.155. The third-order valence-electron chi connectivity index (χ3n) is 4.97. The molecule has 4 fully saturated rings. The van der Waals surface area contributed by atoms with E-state index in [1.165, 1.54) is 12.8 Å². The SMILES string of the molecule is O=C(O)C1C2CCN(CC2)C1C1CCCNC1. The van der Waals surface area contributed by atoms with Gasteiger partial charge in [0.2, 0.25) is 0 Å². The third-order valence-corrected chi connectivity index (χ3v) is 4.97. The zero-order valence-electron chi connectivity index (χ0n) is 10.3. The summed E-state index contributed by atoms with van der Waals surface area (Å²) in [6.45, 7) is 4.35. The van der Waals surface area contributed by atoms with Crippen molar-refractivity contribution in [2.75, 3.05) is 26.2 Å². The van der Waals surface area contributed by atoms with Crippen LogP contribution in [0, 0.1) is 17.8 Å². The number of nitrogens with zero attached hydrogens (tertiary/aromatic N) is 1. The van der Waals surface area contributed by atoms with Crippen molar-refractivity contribution < 1.29 is 9.90 Å². The molecule has 0 aliphatic carbocycles. The molecule has 4 heterocycles. The molecule has 3 unspecified atom stereocenters. The molecule has 4 nitrogen and oxygen atoms in total. The number of hydrogen-bond donors (Lipinski definition) is 2. The van der Waals surface area contributed by atoms with E-state index in [9.17, 15) is 9.90 Å². The molecule has 2 bridgehead atoms. The topological polar surface area (TPSA) is 52.6 Å². The van der Waals surface area contributed by atoms with Crippen LogP contribution >= 0.6 is 0 Å². The molecule has 3 atom stereocenters. The van der Waals surface area contributed by atoms with Crippen molar-refractivity contribution in [3.63, 3.8) is 0 Å². The fourth-order valence-corrected chi connectivity index (χ4v) is 4.19. The van der Waals surface area contributed by atoms with Crippen LogP contribution < -0.4 is 5.32 Å². The summed E-state index contributed by atoms with van der Waals surface area (Å²) < 4.78 is 0. The fraction of sp³-hybridized carbons (Fsp3) is 0.923. The highest BCUT2D eigenvalue weighted by molar-refractivity contribution is 5.71. The lowest BCUT2D eigenvalue weighted by atomic mass is 9.68. The van der Waals surface area contributed by atoms with Crippen LogP contribution in [0.15, 0.2) is 0 Å². The molecule has 0 amide bonds. The van der Waals surface area contributed by atoms with Crippen LogP contribution in [-0.2, 0) is 4.79 Å². The van der Waals surface area contributed by atoms with Crippen LogP contribution in [0.3, 0.4) is 0 Å². The summed E-state index contributed by atoms with van der Waals surface area (Å²) in [4.78, 5) is 14.0. The first kappa shape index (κ1) is 11.5. The molecule has 4 aliphatic rings. The van der Waals surface area contributed by atoms with E-state index >= 15 is 0 Å². The average Bonchev–Trinajstić information content (AvgIpc) is 2.40. The highest BCUT2D eigenvalue weighted by atomic mass is 16.4. The average molecular weight is 238 g/mol. The van der Waals surface area contributed by atoms with Gasteiger partial charge in [0.25, 0.3) is 0 Å². The molecule has 4 saturated heterocycles. The van der Waals surface area contributed by atoms with Gasteiger partial charge >= 0.3 is 5.97 Å². The van der Waals surface area contributed by atoms with Gasteiger partial charge in [-0.05, 0) is 63.7 Å². The van der Waals surface area contributed by atoms with Gasteiger partial charge < -0.3 is 10.4 Å². The van der Waals surface area contributed by atoms with Crippen LogP contribution in [0.25, 0.3) is 0 Å². The summed E-state index contributed by atoms with van der Waals surface area (Å²) in [6.07, 6.45) is 4.58. The number of piperidine rings is 4. The van der Waals surface area contributed by atoms with Gasteiger partial charge in [-0.2, -0.15) is 0 Å². The maximum Gasteiger partial charge on any atom is 0.308 e. The molecule has 2 N–H and O–H groups in total. The summed E-state index contributed by atoms with van der Waals surface area (Å²) >= 11 is 0. The lowest BCUT2D eigenvalue weighted by Gasteiger charge is -2.52. The van der Waals surface area contributed by atoms with Crippen molar-refractivity contribution in [1.29, 1.82) is 0 Å². The smallest absolute Gasteiger partial charge is 0.308 e. The highest BCUT2D eigenvalue weighted by Gasteiger charge is 2.48. The molecular weight excluding hydrogens is 216 g/mol. The van der Waals surface area contributed by atoms with Crippen LogP contribution in [0.4, 0.5) is 0 Å². The van der Waals surface area contributed by atoms with Gasteiger partial charge in [0, 0.05) is 6.04 Å². The maximum atomic E-state index is 11.6. The molecule has 4 rings (SSSR count). The van der Waals surface area contributed by atoms with Crippen molar-refractivity contribution in [1.82, 2.24) is 10.2 Å². The number of aliphatic carboxylic acids is 1. The molecule has 0 aromatic heterocycles. The van der Waals surface area contributed by atoms with Gasteiger partial charge in [0.15, 0.2) is 0 Å². The molecular formula is C13H22N2O2. The molecule has 0 aromatic carbocycles. The molecule has 17 heavy (non-hydrogen) atoms. The van der Waals surface area contributed by atoms with Crippen LogP contribution in [0.5, 0.6) is 0 Å². The van der Waals surface area contributed by atoms with E-state index in [-0.39, 0.29) is 5.92 Å². The van der Waals surface area contributed by atoms with E-state index in [0.717, 1.165) is 39.0 Å². The first-order valence-corrected chi connectivity index (χ1v) is 6.95. The summed E-state index contributed by atoms with van der Waals surface area (Å²) in [5.74, 6) is 0.315. The number of carboxylic acids is 1. The van der Waals surface area contributed by atoms with Gasteiger partial charge in [-0.3, -0.25) is 9.69 Å². The van der Waals surface area contributed by atoms with E-state index in [2.05, 4.69) is 10.2 Å². The van der Waals surface area contributed by atoms with E-state index < -0.39 is 5.97 Å². The van der Waals surface area contributed by atoms with Crippen molar-refractivity contribution in [2.24, 2.45) is 17.8 Å². The Balaban J connectivity index is 1.81. The first-order chi connectivity index (χ1) is 8.27. The Labute approximate surface area is 102 Å². The molecule has 4 heteroatoms. The minimum atomic E-state index is -0.560. The first-order valence-electron chi connectivity index (χ1n) is 6.95. The van der Waals surface area contributed by atoms with Gasteiger partial charge in [-0.15, -0.1) is 0 Å². The van der Waals surface area contributed by atoms with Gasteiger partial charge in [0.05, 0.1) is 5.92 Å². The standard InChI is InChI=1S/C13H22N2O2/c16-13(17)11-9-3-6-15(7-4-9)12(11)10-2-1-5-14-8-10/h9-12,14H,1-8H2,(H,16,17). The number of carboxylic acid groups (broad SMARTS) is 1. The van der Waals surface area contributed by atoms with E-state index in [0.29, 0.717) is 17.9 Å². The maximum absolute atomic E-state index is 11.6. The number of fused-ring (bicyclic) bond motifs is 3. The Hall–Kier alpha value is -0.610. The van der Waals surface area contributed by atoms with Gasteiger partial charge in [-0.25, -0.2) is 0 Å². The second-order valence-corrected chi connectivity index (χ2v) is 5.83. The summed E-state index contributed by atoms with van der Waals surface area (Å²) in [6, 6.07) is 0.299. The highest BCUT2D eigenvalue weighted by Crippen LogP contribution is 2.41. The van der Waals surface area contributed by atoms with Crippen LogP contribution in [-0.4, -0.2) is 48.2 Å². The summed E-state index contributed by atoms with van der Waals surface area (Å²) in [5.41, 5.74) is 0. The van der Waals surface area contributed by atoms with E-state index in [4.69, 9.17) is 0 Å². The monoisotopic (exact) mass is 238 g/mol. The van der Waals surface area contributed by atoms with Crippen molar-refractivity contribution >= 4 is 5.97 Å². The molecule has 0 saturated carbocycles. The Morgan fingerprint density at radius 2 is 1.94 bits per heavy atom. The lowest BCUT2D eigenvalue weighted by Crippen LogP contribution is -2.61. The summed E-state index contributed by atoms with van der Waals surface area (Å²) in [7, 11) is 0. The van der Waals surface area contributed by atoms with E-state index in [1.807, 2.05) is 0 Å². The van der Waals surface area contributed by atoms with Crippen LogP contribution in [0.2, 0.25) is 0 Å². The number of nitrogens with one attached hydrogen (secondary N) is 1. The normalized spacial score (nSPS) is 45.8. The minimum absolute atomic E-state index is 0.109. The number of rotatable bonds is 2. The molecule has 0 radical (unpaired) electrons. The predicted octanol–water partition coefficient (Wildman–Crippen LogP) is 0.781. The predicted molar refractivity (Wildman–Crippen MR) is 64.8 cm³/mol. The Morgan fingerprint density at radius 1 is 1.18 bits per heavy atom. The quantitative estimate of drug-likeness (QED) is 0.746.